The molecule has 0 unspecified atom stereocenters. The van der Waals surface area contributed by atoms with E-state index < -0.39 is 11.6 Å². The third-order valence-electron chi connectivity index (χ3n) is 4.80. The zero-order valence-corrected chi connectivity index (χ0v) is 12.9. The van der Waals surface area contributed by atoms with Gasteiger partial charge in [0.1, 0.15) is 5.82 Å². The molecule has 3 heteroatoms. The van der Waals surface area contributed by atoms with Crippen molar-refractivity contribution in [2.45, 2.75) is 31.6 Å². The molecule has 0 nitrogen and oxygen atoms in total. The molecule has 120 valence electrons. The van der Waals surface area contributed by atoms with Crippen molar-refractivity contribution in [2.75, 3.05) is 0 Å². The molecule has 1 aliphatic carbocycles. The Hall–Kier alpha value is -2.03. The Bertz CT molecular complexity index is 713. The maximum Gasteiger partial charge on any atom is 0.159 e. The van der Waals surface area contributed by atoms with Crippen LogP contribution in [0.3, 0.4) is 0 Å². The van der Waals surface area contributed by atoms with Crippen LogP contribution >= 0.6 is 0 Å². The Morgan fingerprint density at radius 2 is 1.57 bits per heavy atom. The fourth-order valence-corrected chi connectivity index (χ4v) is 3.37. The Morgan fingerprint density at radius 3 is 2.17 bits per heavy atom. The Morgan fingerprint density at radius 1 is 0.826 bits per heavy atom. The number of hydrogen-bond acceptors (Lipinski definition) is 0. The first-order valence-electron chi connectivity index (χ1n) is 7.96. The highest BCUT2D eigenvalue weighted by Gasteiger charge is 2.21. The lowest BCUT2D eigenvalue weighted by Gasteiger charge is -2.27. The van der Waals surface area contributed by atoms with Gasteiger partial charge in [-0.1, -0.05) is 24.3 Å². The smallest absolute Gasteiger partial charge is 0.159 e. The van der Waals surface area contributed by atoms with Crippen molar-refractivity contribution in [2.24, 2.45) is 5.92 Å². The average molecular weight is 316 g/mol. The van der Waals surface area contributed by atoms with Crippen LogP contribution in [0.5, 0.6) is 0 Å². The third-order valence-corrected chi connectivity index (χ3v) is 4.80. The number of halogens is 3. The minimum Gasteiger partial charge on any atom is -0.206 e. The third kappa shape index (κ3) is 3.34. The minimum absolute atomic E-state index is 0.299. The fraction of sp³-hybridized carbons (Fsp3) is 0.300. The molecule has 3 rings (SSSR count). The van der Waals surface area contributed by atoms with Gasteiger partial charge in [0.2, 0.25) is 0 Å². The molecule has 0 heterocycles. The average Bonchev–Trinajstić information content (AvgIpc) is 2.57. The molecule has 1 fully saturated rings. The van der Waals surface area contributed by atoms with Crippen LogP contribution in [0.4, 0.5) is 13.2 Å². The summed E-state index contributed by atoms with van der Waals surface area (Å²) >= 11 is 0. The van der Waals surface area contributed by atoms with Crippen molar-refractivity contribution in [3.05, 3.63) is 72.1 Å². The first-order chi connectivity index (χ1) is 11.1. The standard InChI is InChI=1S/C20H19F3/c1-2-13-3-5-14(6-4-13)15-7-9-17(19(22)11-15)16-8-10-18(21)20(23)12-16/h2,7-14H,1,3-6H2. The molecule has 0 aliphatic heterocycles. The Kier molecular flexibility index (Phi) is 4.56. The van der Waals surface area contributed by atoms with Gasteiger partial charge in [0.05, 0.1) is 0 Å². The van der Waals surface area contributed by atoms with E-state index in [4.69, 9.17) is 0 Å². The van der Waals surface area contributed by atoms with E-state index in [1.807, 2.05) is 12.1 Å². The molecule has 0 aromatic heterocycles. The molecular weight excluding hydrogens is 297 g/mol. The zero-order valence-electron chi connectivity index (χ0n) is 12.9. The molecular formula is C20H19F3. The molecule has 1 saturated carbocycles. The first kappa shape index (κ1) is 15.9. The first-order valence-corrected chi connectivity index (χ1v) is 7.96. The van der Waals surface area contributed by atoms with Crippen LogP contribution in [-0.4, -0.2) is 0 Å². The van der Waals surface area contributed by atoms with Gasteiger partial charge in [0.15, 0.2) is 11.6 Å². The number of benzene rings is 2. The van der Waals surface area contributed by atoms with Gasteiger partial charge >= 0.3 is 0 Å². The molecule has 0 amide bonds. The monoisotopic (exact) mass is 316 g/mol. The zero-order chi connectivity index (χ0) is 16.4. The SMILES string of the molecule is C=CC1CCC(c2ccc(-c3ccc(F)c(F)c3)c(F)c2)CC1. The summed E-state index contributed by atoms with van der Waals surface area (Å²) in [6.45, 7) is 3.84. The molecule has 0 atom stereocenters. The van der Waals surface area contributed by atoms with Crippen molar-refractivity contribution in [1.82, 2.24) is 0 Å². The molecule has 0 bridgehead atoms. The highest BCUT2D eigenvalue weighted by atomic mass is 19.2. The largest absolute Gasteiger partial charge is 0.206 e. The van der Waals surface area contributed by atoms with Gasteiger partial charge in [-0.05, 0) is 66.8 Å². The number of allylic oxidation sites excluding steroid dienone is 1. The molecule has 0 spiro atoms. The lowest BCUT2D eigenvalue weighted by atomic mass is 9.78. The van der Waals surface area contributed by atoms with Gasteiger partial charge in [0, 0.05) is 5.56 Å². The molecule has 0 radical (unpaired) electrons. The normalized spacial score (nSPS) is 21.2. The van der Waals surface area contributed by atoms with Gasteiger partial charge in [-0.25, -0.2) is 13.2 Å². The topological polar surface area (TPSA) is 0 Å². The lowest BCUT2D eigenvalue weighted by molar-refractivity contribution is 0.375. The van der Waals surface area contributed by atoms with E-state index in [2.05, 4.69) is 6.58 Å². The molecule has 0 N–H and O–H groups in total. The summed E-state index contributed by atoms with van der Waals surface area (Å²) in [6, 6.07) is 8.55. The summed E-state index contributed by atoms with van der Waals surface area (Å²) in [5.74, 6) is -1.35. The molecule has 0 saturated heterocycles. The summed E-state index contributed by atoms with van der Waals surface area (Å²) in [5.41, 5.74) is 1.63. The van der Waals surface area contributed by atoms with E-state index in [0.29, 0.717) is 23.0 Å². The van der Waals surface area contributed by atoms with E-state index in [9.17, 15) is 13.2 Å². The quantitative estimate of drug-likeness (QED) is 0.589. The number of hydrogen-bond donors (Lipinski definition) is 0. The van der Waals surface area contributed by atoms with Gasteiger partial charge in [-0.15, -0.1) is 6.58 Å². The second-order valence-electron chi connectivity index (χ2n) is 6.22. The van der Waals surface area contributed by atoms with Gasteiger partial charge < -0.3 is 0 Å². The summed E-state index contributed by atoms with van der Waals surface area (Å²) in [4.78, 5) is 0. The molecule has 1 aliphatic rings. The molecule has 2 aromatic carbocycles. The van der Waals surface area contributed by atoms with E-state index in [1.54, 1.807) is 6.07 Å². The van der Waals surface area contributed by atoms with Crippen molar-refractivity contribution < 1.29 is 13.2 Å². The predicted octanol–water partition coefficient (Wildman–Crippen LogP) is 6.23. The second kappa shape index (κ2) is 6.61. The summed E-state index contributed by atoms with van der Waals surface area (Å²) in [5, 5.41) is 0. The summed E-state index contributed by atoms with van der Waals surface area (Å²) in [7, 11) is 0. The van der Waals surface area contributed by atoms with Gasteiger partial charge in [0.25, 0.3) is 0 Å². The highest BCUT2D eigenvalue weighted by Crippen LogP contribution is 2.37. The van der Waals surface area contributed by atoms with E-state index >= 15 is 0 Å². The van der Waals surface area contributed by atoms with E-state index in [-0.39, 0.29) is 5.82 Å². The predicted molar refractivity (Wildman–Crippen MR) is 86.6 cm³/mol. The highest BCUT2D eigenvalue weighted by molar-refractivity contribution is 5.64. The van der Waals surface area contributed by atoms with Crippen molar-refractivity contribution in [1.29, 1.82) is 0 Å². The molecule has 23 heavy (non-hydrogen) atoms. The Labute approximate surface area is 134 Å². The van der Waals surface area contributed by atoms with Crippen molar-refractivity contribution in [3.8, 4) is 11.1 Å². The number of rotatable bonds is 3. The van der Waals surface area contributed by atoms with E-state index in [1.165, 1.54) is 12.1 Å². The Balaban J connectivity index is 1.83. The second-order valence-corrected chi connectivity index (χ2v) is 6.22. The fourth-order valence-electron chi connectivity index (χ4n) is 3.37. The maximum atomic E-state index is 14.4. The van der Waals surface area contributed by atoms with Crippen LogP contribution in [0.1, 0.15) is 37.2 Å². The van der Waals surface area contributed by atoms with Crippen molar-refractivity contribution >= 4 is 0 Å². The van der Waals surface area contributed by atoms with Crippen molar-refractivity contribution in [3.63, 3.8) is 0 Å². The van der Waals surface area contributed by atoms with Crippen LogP contribution in [-0.2, 0) is 0 Å². The summed E-state index contributed by atoms with van der Waals surface area (Å²) in [6.07, 6.45) is 6.23. The van der Waals surface area contributed by atoms with Crippen LogP contribution in [0, 0.1) is 23.4 Å². The van der Waals surface area contributed by atoms with Crippen LogP contribution in [0.25, 0.3) is 11.1 Å². The lowest BCUT2D eigenvalue weighted by Crippen LogP contribution is -2.11. The van der Waals surface area contributed by atoms with Crippen LogP contribution in [0.2, 0.25) is 0 Å². The van der Waals surface area contributed by atoms with Gasteiger partial charge in [-0.2, -0.15) is 0 Å². The summed E-state index contributed by atoms with van der Waals surface area (Å²) < 4.78 is 40.8. The van der Waals surface area contributed by atoms with Crippen LogP contribution in [0.15, 0.2) is 49.1 Å². The maximum absolute atomic E-state index is 14.4. The minimum atomic E-state index is -0.964. The van der Waals surface area contributed by atoms with Gasteiger partial charge in [-0.3, -0.25) is 0 Å². The van der Waals surface area contributed by atoms with Crippen LogP contribution < -0.4 is 0 Å². The van der Waals surface area contributed by atoms with E-state index in [0.717, 1.165) is 43.4 Å². The molecule has 2 aromatic rings.